The molecule has 0 saturated carbocycles. The molecule has 0 radical (unpaired) electrons. The molecule has 114 valence electrons. The van der Waals surface area contributed by atoms with Gasteiger partial charge >= 0.3 is 0 Å². The Hall–Kier alpha value is -2.02. The number of aliphatic imine (C=N–C) groups is 1. The van der Waals surface area contributed by atoms with Crippen LogP contribution in [0.5, 0.6) is 0 Å². The molecule has 0 aromatic carbocycles. The van der Waals surface area contributed by atoms with Crippen LogP contribution in [0, 0.1) is 12.3 Å². The zero-order valence-electron chi connectivity index (χ0n) is 10.6. The molecule has 2 rings (SSSR count). The minimum Gasteiger partial charge on any atom is -0.390 e. The van der Waals surface area contributed by atoms with Gasteiger partial charge in [0, 0.05) is 6.20 Å². The third-order valence-corrected chi connectivity index (χ3v) is 3.21. The number of alkyl halides is 2. The topological polar surface area (TPSA) is 91.3 Å². The van der Waals surface area contributed by atoms with Crippen molar-refractivity contribution in [2.45, 2.75) is 23.9 Å². The summed E-state index contributed by atoms with van der Waals surface area (Å²) in [5.74, 6) is -3.40. The van der Waals surface area contributed by atoms with E-state index < -0.39 is 42.1 Å². The summed E-state index contributed by atoms with van der Waals surface area (Å²) in [6, 6.07) is 0. The van der Waals surface area contributed by atoms with Crippen LogP contribution in [0.4, 0.5) is 13.2 Å². The first kappa shape index (κ1) is 15.4. The van der Waals surface area contributed by atoms with Crippen molar-refractivity contribution in [3.05, 3.63) is 24.4 Å². The Morgan fingerprint density at radius 1 is 1.62 bits per heavy atom. The summed E-state index contributed by atoms with van der Waals surface area (Å²) < 4.78 is 47.0. The van der Waals surface area contributed by atoms with Crippen molar-refractivity contribution in [3.8, 4) is 12.3 Å². The van der Waals surface area contributed by atoms with Gasteiger partial charge in [0.05, 0.1) is 0 Å². The van der Waals surface area contributed by atoms with Gasteiger partial charge in [0.2, 0.25) is 5.67 Å². The van der Waals surface area contributed by atoms with Gasteiger partial charge in [0.15, 0.2) is 24.0 Å². The van der Waals surface area contributed by atoms with Crippen LogP contribution >= 0.6 is 0 Å². The summed E-state index contributed by atoms with van der Waals surface area (Å²) in [4.78, 5) is 4.15. The molecule has 2 unspecified atom stereocenters. The van der Waals surface area contributed by atoms with E-state index in [2.05, 4.69) is 16.3 Å². The van der Waals surface area contributed by atoms with Crippen molar-refractivity contribution in [2.75, 3.05) is 6.61 Å². The highest BCUT2D eigenvalue weighted by Gasteiger charge is 2.67. The maximum absolute atomic E-state index is 14.7. The van der Waals surface area contributed by atoms with Crippen LogP contribution in [0.15, 0.2) is 29.4 Å². The molecule has 4 N–H and O–H groups in total. The number of hydrogen-bond acceptors (Lipinski definition) is 6. The van der Waals surface area contributed by atoms with Gasteiger partial charge in [-0.15, -0.1) is 6.42 Å². The molecule has 0 aromatic rings. The lowest BCUT2D eigenvalue weighted by Crippen LogP contribution is -2.51. The maximum atomic E-state index is 14.7. The SMILES string of the molecule is C#CC1(F)C(O)[C@@](F)(CO)O[C@H]1N1C=C(F)C(N)=NC1=C. The Morgan fingerprint density at radius 3 is 2.76 bits per heavy atom. The van der Waals surface area contributed by atoms with E-state index in [0.29, 0.717) is 11.1 Å². The molecule has 2 heterocycles. The van der Waals surface area contributed by atoms with Gasteiger partial charge < -0.3 is 20.7 Å². The predicted octanol–water partition coefficient (Wildman–Crippen LogP) is -0.342. The average Bonchev–Trinajstić information content (AvgIpc) is 2.66. The van der Waals surface area contributed by atoms with Gasteiger partial charge in [0.25, 0.3) is 5.85 Å². The summed E-state index contributed by atoms with van der Waals surface area (Å²) in [7, 11) is 0. The lowest BCUT2D eigenvalue weighted by Gasteiger charge is -2.33. The van der Waals surface area contributed by atoms with Crippen molar-refractivity contribution >= 4 is 5.84 Å². The van der Waals surface area contributed by atoms with Gasteiger partial charge in [-0.25, -0.2) is 18.2 Å². The lowest BCUT2D eigenvalue weighted by atomic mass is 9.95. The molecule has 0 aromatic heterocycles. The van der Waals surface area contributed by atoms with E-state index in [1.807, 2.05) is 0 Å². The summed E-state index contributed by atoms with van der Waals surface area (Å²) in [6.45, 7) is 2.04. The van der Waals surface area contributed by atoms with Crippen LogP contribution in [-0.4, -0.2) is 51.4 Å². The van der Waals surface area contributed by atoms with E-state index >= 15 is 0 Å². The number of nitrogens with two attached hydrogens (primary N) is 1. The van der Waals surface area contributed by atoms with Crippen molar-refractivity contribution in [1.29, 1.82) is 0 Å². The molecular weight excluding hydrogens is 291 g/mol. The van der Waals surface area contributed by atoms with E-state index in [1.54, 1.807) is 5.92 Å². The van der Waals surface area contributed by atoms with Crippen molar-refractivity contribution in [1.82, 2.24) is 4.90 Å². The fourth-order valence-corrected chi connectivity index (χ4v) is 2.03. The number of rotatable bonds is 2. The van der Waals surface area contributed by atoms with Crippen molar-refractivity contribution in [3.63, 3.8) is 0 Å². The van der Waals surface area contributed by atoms with Crippen LogP contribution < -0.4 is 5.73 Å². The number of ether oxygens (including phenoxy) is 1. The van der Waals surface area contributed by atoms with Gasteiger partial charge in [-0.3, -0.25) is 4.90 Å². The molecule has 0 bridgehead atoms. The zero-order valence-corrected chi connectivity index (χ0v) is 10.6. The van der Waals surface area contributed by atoms with Crippen LogP contribution in [0.1, 0.15) is 0 Å². The fraction of sp³-hybridized carbons (Fsp3) is 0.417. The number of hydrogen-bond donors (Lipinski definition) is 3. The highest BCUT2D eigenvalue weighted by atomic mass is 19.2. The predicted molar refractivity (Wildman–Crippen MR) is 66.3 cm³/mol. The van der Waals surface area contributed by atoms with Gasteiger partial charge in [0.1, 0.15) is 12.4 Å². The quantitative estimate of drug-likeness (QED) is 0.607. The Bertz CT molecular complexity index is 588. The van der Waals surface area contributed by atoms with Crippen LogP contribution in [0.3, 0.4) is 0 Å². The lowest BCUT2D eigenvalue weighted by molar-refractivity contribution is -0.209. The normalized spacial score (nSPS) is 39.8. The molecule has 1 fully saturated rings. The first-order chi connectivity index (χ1) is 9.69. The number of aliphatic hydroxyl groups excluding tert-OH is 2. The Kier molecular flexibility index (Phi) is 3.49. The summed E-state index contributed by atoms with van der Waals surface area (Å²) in [5, 5.41) is 18.6. The van der Waals surface area contributed by atoms with Crippen molar-refractivity contribution in [2.24, 2.45) is 10.7 Å². The number of aliphatic hydroxyl groups is 2. The first-order valence-corrected chi connectivity index (χ1v) is 5.71. The third-order valence-electron chi connectivity index (χ3n) is 3.21. The second-order valence-corrected chi connectivity index (χ2v) is 4.53. The van der Waals surface area contributed by atoms with E-state index in [0.717, 1.165) is 0 Å². The molecule has 4 atom stereocenters. The monoisotopic (exact) mass is 303 g/mol. The van der Waals surface area contributed by atoms with Crippen LogP contribution in [0.25, 0.3) is 0 Å². The van der Waals surface area contributed by atoms with Gasteiger partial charge in [-0.2, -0.15) is 0 Å². The Labute approximate surface area is 118 Å². The zero-order chi connectivity index (χ0) is 16.0. The second kappa shape index (κ2) is 4.77. The number of terminal acetylenes is 1. The molecule has 1 saturated heterocycles. The summed E-state index contributed by atoms with van der Waals surface area (Å²) >= 11 is 0. The highest BCUT2D eigenvalue weighted by Crippen LogP contribution is 2.44. The third kappa shape index (κ3) is 2.08. The Morgan fingerprint density at radius 2 is 2.24 bits per heavy atom. The molecule has 0 amide bonds. The van der Waals surface area contributed by atoms with E-state index in [4.69, 9.17) is 17.3 Å². The number of halogens is 3. The number of amidine groups is 1. The molecule has 9 heteroatoms. The molecule has 2 aliphatic heterocycles. The molecule has 0 aliphatic carbocycles. The fourth-order valence-electron chi connectivity index (χ4n) is 2.03. The van der Waals surface area contributed by atoms with E-state index in [9.17, 15) is 18.3 Å². The van der Waals surface area contributed by atoms with E-state index in [-0.39, 0.29) is 5.82 Å². The Balaban J connectivity index is 2.45. The maximum Gasteiger partial charge on any atom is 0.264 e. The minimum atomic E-state index is -3.15. The highest BCUT2D eigenvalue weighted by molar-refractivity contribution is 5.96. The molecule has 0 spiro atoms. The smallest absolute Gasteiger partial charge is 0.264 e. The molecular formula is C12H12F3N3O3. The van der Waals surface area contributed by atoms with Crippen LogP contribution in [0.2, 0.25) is 0 Å². The summed E-state index contributed by atoms with van der Waals surface area (Å²) in [5.41, 5.74) is 2.15. The molecule has 2 aliphatic rings. The second-order valence-electron chi connectivity index (χ2n) is 4.53. The number of nitrogens with zero attached hydrogens (tertiary/aromatic N) is 2. The first-order valence-electron chi connectivity index (χ1n) is 5.71. The van der Waals surface area contributed by atoms with E-state index in [1.165, 1.54) is 0 Å². The molecule has 6 nitrogen and oxygen atoms in total. The van der Waals surface area contributed by atoms with Gasteiger partial charge in [-0.1, -0.05) is 12.5 Å². The molecule has 21 heavy (non-hydrogen) atoms. The standard InChI is InChI=1S/C12H12F3N3O3/c1-3-11(14)9(20)12(15,5-19)21-10(11)18-4-7(13)8(16)17-6(18)2/h1,4,9-10,19-20H,2,5H2,(H2,16,17)/t9?,10-,11?,12-/m1/s1. The van der Waals surface area contributed by atoms with Gasteiger partial charge in [-0.05, 0) is 0 Å². The minimum absolute atomic E-state index is 0.273. The average molecular weight is 303 g/mol. The summed E-state index contributed by atoms with van der Waals surface area (Å²) in [6.07, 6.45) is 1.19. The largest absolute Gasteiger partial charge is 0.390 e. The van der Waals surface area contributed by atoms with Crippen LogP contribution in [-0.2, 0) is 4.74 Å². The van der Waals surface area contributed by atoms with Crippen molar-refractivity contribution < 1.29 is 28.1 Å².